The smallest absolute Gasteiger partial charge is 0.398 e. The van der Waals surface area contributed by atoms with Gasteiger partial charge in [0.25, 0.3) is 0 Å². The van der Waals surface area contributed by atoms with Crippen molar-refractivity contribution in [2.24, 2.45) is 0 Å². The molecule has 0 aliphatic carbocycles. The van der Waals surface area contributed by atoms with Crippen molar-refractivity contribution in [2.75, 3.05) is 17.6 Å². The molecule has 0 unspecified atom stereocenters. The molecule has 0 aliphatic rings. The number of anilines is 2. The average molecular weight is 258 g/mol. The van der Waals surface area contributed by atoms with Gasteiger partial charge in [-0.1, -0.05) is 0 Å². The molecule has 0 spiro atoms. The highest BCUT2D eigenvalue weighted by molar-refractivity contribution is 5.58. The summed E-state index contributed by atoms with van der Waals surface area (Å²) in [6.07, 6.45) is -9.19. The van der Waals surface area contributed by atoms with Gasteiger partial charge in [0.05, 0.1) is 5.56 Å². The van der Waals surface area contributed by atoms with Crippen molar-refractivity contribution in [1.29, 1.82) is 0 Å². The second-order valence-corrected chi connectivity index (χ2v) is 3.27. The summed E-state index contributed by atoms with van der Waals surface area (Å²) in [4.78, 5) is 0. The zero-order valence-corrected chi connectivity index (χ0v) is 8.28. The van der Waals surface area contributed by atoms with Gasteiger partial charge < -0.3 is 11.1 Å². The first kappa shape index (κ1) is 13.5. The fraction of sp³-hybridized carbons (Fsp3) is 0.333. The van der Waals surface area contributed by atoms with E-state index in [1.54, 1.807) is 0 Å². The second kappa shape index (κ2) is 4.34. The largest absolute Gasteiger partial charge is 0.418 e. The third-order valence-corrected chi connectivity index (χ3v) is 1.85. The van der Waals surface area contributed by atoms with Gasteiger partial charge in [-0.2, -0.15) is 26.3 Å². The predicted molar refractivity (Wildman–Crippen MR) is 50.4 cm³/mol. The molecule has 0 fully saturated rings. The van der Waals surface area contributed by atoms with Gasteiger partial charge in [-0.25, -0.2) is 0 Å². The van der Waals surface area contributed by atoms with E-state index in [1.165, 1.54) is 0 Å². The normalized spacial score (nSPS) is 12.6. The molecular weight excluding hydrogens is 250 g/mol. The molecule has 2 nitrogen and oxygen atoms in total. The standard InChI is InChI=1S/C9H8F6N2/c10-8(11,12)4-17-5-1-2-7(16)6(3-5)9(13,14)15/h1-3,17H,4,16H2. The Morgan fingerprint density at radius 1 is 1.06 bits per heavy atom. The summed E-state index contributed by atoms with van der Waals surface area (Å²) in [6.45, 7) is -1.41. The van der Waals surface area contributed by atoms with E-state index in [9.17, 15) is 26.3 Å². The molecule has 0 atom stereocenters. The van der Waals surface area contributed by atoms with Gasteiger partial charge >= 0.3 is 12.4 Å². The van der Waals surface area contributed by atoms with E-state index < -0.39 is 30.1 Å². The summed E-state index contributed by atoms with van der Waals surface area (Å²) < 4.78 is 72.7. The maximum Gasteiger partial charge on any atom is 0.418 e. The molecule has 0 aromatic heterocycles. The van der Waals surface area contributed by atoms with Gasteiger partial charge in [-0.15, -0.1) is 0 Å². The number of rotatable bonds is 2. The Morgan fingerprint density at radius 3 is 2.12 bits per heavy atom. The van der Waals surface area contributed by atoms with E-state index in [0.29, 0.717) is 6.07 Å². The lowest BCUT2D eigenvalue weighted by Gasteiger charge is -2.14. The van der Waals surface area contributed by atoms with Crippen LogP contribution in [0.2, 0.25) is 0 Å². The van der Waals surface area contributed by atoms with Crippen LogP contribution in [0.15, 0.2) is 18.2 Å². The number of hydrogen-bond donors (Lipinski definition) is 2. The molecule has 0 aliphatic heterocycles. The summed E-state index contributed by atoms with van der Waals surface area (Å²) in [7, 11) is 0. The number of hydrogen-bond acceptors (Lipinski definition) is 2. The first-order valence-corrected chi connectivity index (χ1v) is 4.37. The number of nitrogen functional groups attached to an aromatic ring is 1. The predicted octanol–water partition coefficient (Wildman–Crippen LogP) is 3.26. The van der Waals surface area contributed by atoms with Crippen molar-refractivity contribution in [3.63, 3.8) is 0 Å². The maximum atomic E-state index is 12.4. The third-order valence-electron chi connectivity index (χ3n) is 1.85. The molecule has 96 valence electrons. The van der Waals surface area contributed by atoms with E-state index in [1.807, 2.05) is 5.32 Å². The first-order valence-electron chi connectivity index (χ1n) is 4.37. The molecule has 8 heteroatoms. The highest BCUT2D eigenvalue weighted by Gasteiger charge is 2.33. The molecule has 3 N–H and O–H groups in total. The van der Waals surface area contributed by atoms with Crippen LogP contribution in [0.5, 0.6) is 0 Å². The molecule has 1 aromatic rings. The lowest BCUT2D eigenvalue weighted by molar-refractivity contribution is -0.136. The Bertz CT molecular complexity index is 395. The maximum absolute atomic E-state index is 12.4. The highest BCUT2D eigenvalue weighted by Crippen LogP contribution is 2.35. The number of halogens is 6. The molecule has 0 bridgehead atoms. The summed E-state index contributed by atoms with van der Waals surface area (Å²) in [5, 5.41) is 1.84. The van der Waals surface area contributed by atoms with Crippen molar-refractivity contribution in [2.45, 2.75) is 12.4 Å². The Morgan fingerprint density at radius 2 is 1.65 bits per heavy atom. The summed E-state index contributed by atoms with van der Waals surface area (Å²) >= 11 is 0. The Balaban J connectivity index is 2.90. The van der Waals surface area contributed by atoms with Crippen molar-refractivity contribution in [1.82, 2.24) is 0 Å². The van der Waals surface area contributed by atoms with Gasteiger partial charge in [0, 0.05) is 11.4 Å². The van der Waals surface area contributed by atoms with Crippen LogP contribution in [0.4, 0.5) is 37.7 Å². The Hall–Kier alpha value is -1.60. The number of nitrogens with one attached hydrogen (secondary N) is 1. The van der Waals surface area contributed by atoms with Crippen molar-refractivity contribution < 1.29 is 26.3 Å². The molecular formula is C9H8F6N2. The number of alkyl halides is 6. The minimum Gasteiger partial charge on any atom is -0.398 e. The molecule has 0 saturated heterocycles. The Labute approximate surface area is 92.4 Å². The van der Waals surface area contributed by atoms with Gasteiger partial charge in [0.2, 0.25) is 0 Å². The Kier molecular flexibility index (Phi) is 3.44. The lowest BCUT2D eigenvalue weighted by atomic mass is 10.1. The van der Waals surface area contributed by atoms with Crippen LogP contribution in [0, 0.1) is 0 Å². The molecule has 0 amide bonds. The molecule has 0 radical (unpaired) electrons. The van der Waals surface area contributed by atoms with Crippen molar-refractivity contribution >= 4 is 11.4 Å². The summed E-state index contributed by atoms with van der Waals surface area (Å²) in [5.74, 6) is 0. The zero-order chi connectivity index (χ0) is 13.3. The van der Waals surface area contributed by atoms with Gasteiger partial charge in [0.15, 0.2) is 0 Å². The second-order valence-electron chi connectivity index (χ2n) is 3.27. The van der Waals surface area contributed by atoms with Gasteiger partial charge in [-0.3, -0.25) is 0 Å². The third kappa shape index (κ3) is 4.04. The average Bonchev–Trinajstić information content (AvgIpc) is 2.13. The van der Waals surface area contributed by atoms with Crippen LogP contribution in [0.25, 0.3) is 0 Å². The summed E-state index contributed by atoms with van der Waals surface area (Å²) in [6, 6.07) is 2.50. The fourth-order valence-electron chi connectivity index (χ4n) is 1.11. The lowest BCUT2D eigenvalue weighted by Crippen LogP contribution is -2.21. The van der Waals surface area contributed by atoms with Crippen LogP contribution in [0.3, 0.4) is 0 Å². The van der Waals surface area contributed by atoms with E-state index in [0.717, 1.165) is 12.1 Å². The molecule has 0 heterocycles. The van der Waals surface area contributed by atoms with Gasteiger partial charge in [-0.05, 0) is 18.2 Å². The van der Waals surface area contributed by atoms with Crippen LogP contribution >= 0.6 is 0 Å². The highest BCUT2D eigenvalue weighted by atomic mass is 19.4. The number of benzene rings is 1. The minimum absolute atomic E-state index is 0.288. The van der Waals surface area contributed by atoms with Crippen LogP contribution in [-0.2, 0) is 6.18 Å². The minimum atomic E-state index is -4.69. The number of nitrogens with two attached hydrogens (primary N) is 1. The molecule has 0 saturated carbocycles. The topological polar surface area (TPSA) is 38.0 Å². The molecule has 1 rings (SSSR count). The van der Waals surface area contributed by atoms with Crippen LogP contribution < -0.4 is 11.1 Å². The van der Waals surface area contributed by atoms with Crippen LogP contribution in [-0.4, -0.2) is 12.7 Å². The zero-order valence-electron chi connectivity index (χ0n) is 8.28. The van der Waals surface area contributed by atoms with E-state index >= 15 is 0 Å². The SMILES string of the molecule is Nc1ccc(NCC(F)(F)F)cc1C(F)(F)F. The molecule has 17 heavy (non-hydrogen) atoms. The fourth-order valence-corrected chi connectivity index (χ4v) is 1.11. The van der Waals surface area contributed by atoms with E-state index in [2.05, 4.69) is 0 Å². The van der Waals surface area contributed by atoms with Crippen molar-refractivity contribution in [3.05, 3.63) is 23.8 Å². The van der Waals surface area contributed by atoms with Crippen molar-refractivity contribution in [3.8, 4) is 0 Å². The van der Waals surface area contributed by atoms with Gasteiger partial charge in [0.1, 0.15) is 6.54 Å². The van der Waals surface area contributed by atoms with E-state index in [-0.39, 0.29) is 5.69 Å². The summed E-state index contributed by atoms with van der Waals surface area (Å²) in [5.41, 5.74) is 3.10. The van der Waals surface area contributed by atoms with E-state index in [4.69, 9.17) is 5.73 Å². The quantitative estimate of drug-likeness (QED) is 0.631. The monoisotopic (exact) mass is 258 g/mol. The molecule has 1 aromatic carbocycles. The first-order chi connectivity index (χ1) is 7.59. The van der Waals surface area contributed by atoms with Crippen LogP contribution in [0.1, 0.15) is 5.56 Å².